The number of carbonyl (C=O) groups excluding carboxylic acids is 2. The van der Waals surface area contributed by atoms with Gasteiger partial charge in [0.25, 0.3) is 0 Å². The summed E-state index contributed by atoms with van der Waals surface area (Å²) in [5.41, 5.74) is 0. The van der Waals surface area contributed by atoms with E-state index in [1.807, 2.05) is 19.1 Å². The SMILES string of the molecule is Cc1ccc(/C=C/C(=O)NCCC(=O)OC(C)C)s1. The van der Waals surface area contributed by atoms with Crippen molar-refractivity contribution in [2.75, 3.05) is 6.54 Å². The van der Waals surface area contributed by atoms with Gasteiger partial charge < -0.3 is 10.1 Å². The highest BCUT2D eigenvalue weighted by Crippen LogP contribution is 2.16. The molecule has 1 amide bonds. The molecular weight excluding hydrogens is 262 g/mol. The number of aryl methyl sites for hydroxylation is 1. The molecule has 1 N–H and O–H groups in total. The fourth-order valence-corrected chi connectivity index (χ4v) is 2.15. The van der Waals surface area contributed by atoms with Crippen LogP contribution >= 0.6 is 11.3 Å². The molecule has 19 heavy (non-hydrogen) atoms. The molecule has 1 heterocycles. The first-order valence-corrected chi connectivity index (χ1v) is 7.01. The third-order valence-electron chi connectivity index (χ3n) is 2.16. The molecule has 0 aromatic carbocycles. The van der Waals surface area contributed by atoms with Gasteiger partial charge in [-0.25, -0.2) is 0 Å². The van der Waals surface area contributed by atoms with Crippen LogP contribution in [0.5, 0.6) is 0 Å². The van der Waals surface area contributed by atoms with E-state index < -0.39 is 0 Å². The van der Waals surface area contributed by atoms with E-state index in [9.17, 15) is 9.59 Å². The van der Waals surface area contributed by atoms with Gasteiger partial charge in [0, 0.05) is 22.4 Å². The minimum Gasteiger partial charge on any atom is -0.463 e. The normalized spacial score (nSPS) is 10.9. The van der Waals surface area contributed by atoms with E-state index in [0.717, 1.165) is 4.88 Å². The molecular formula is C14H19NO3S. The molecule has 0 radical (unpaired) electrons. The zero-order valence-electron chi connectivity index (χ0n) is 11.4. The van der Waals surface area contributed by atoms with Gasteiger partial charge in [-0.3, -0.25) is 9.59 Å². The molecule has 1 aromatic rings. The lowest BCUT2D eigenvalue weighted by atomic mass is 10.3. The molecule has 0 saturated heterocycles. The molecule has 0 aliphatic rings. The Morgan fingerprint density at radius 2 is 2.16 bits per heavy atom. The lowest BCUT2D eigenvalue weighted by Crippen LogP contribution is -2.25. The standard InChI is InChI=1S/C14H19NO3S/c1-10(2)18-14(17)8-9-15-13(16)7-6-12-5-4-11(3)19-12/h4-7,10H,8-9H2,1-3H3,(H,15,16)/b7-6+. The average molecular weight is 281 g/mol. The minimum atomic E-state index is -0.298. The molecule has 1 rings (SSSR count). The summed E-state index contributed by atoms with van der Waals surface area (Å²) < 4.78 is 4.96. The van der Waals surface area contributed by atoms with Crippen molar-refractivity contribution in [3.63, 3.8) is 0 Å². The Labute approximate surface area is 117 Å². The summed E-state index contributed by atoms with van der Waals surface area (Å²) in [5.74, 6) is -0.503. The van der Waals surface area contributed by atoms with Crippen LogP contribution in [0.3, 0.4) is 0 Å². The van der Waals surface area contributed by atoms with Crippen LogP contribution in [0.4, 0.5) is 0 Å². The molecule has 104 valence electrons. The van der Waals surface area contributed by atoms with E-state index in [0.29, 0.717) is 0 Å². The van der Waals surface area contributed by atoms with Gasteiger partial charge in [-0.1, -0.05) is 0 Å². The van der Waals surface area contributed by atoms with Crippen LogP contribution in [0.25, 0.3) is 6.08 Å². The Bertz CT molecular complexity index is 463. The third-order valence-corrected chi connectivity index (χ3v) is 3.12. The highest BCUT2D eigenvalue weighted by Gasteiger charge is 2.05. The van der Waals surface area contributed by atoms with Gasteiger partial charge in [0.05, 0.1) is 12.5 Å². The Kier molecular flexibility index (Phi) is 6.29. The van der Waals surface area contributed by atoms with Gasteiger partial charge >= 0.3 is 5.97 Å². The van der Waals surface area contributed by atoms with Crippen LogP contribution in [0, 0.1) is 6.92 Å². The highest BCUT2D eigenvalue weighted by atomic mass is 32.1. The van der Waals surface area contributed by atoms with Gasteiger partial charge in [-0.2, -0.15) is 0 Å². The number of amides is 1. The molecule has 4 nitrogen and oxygen atoms in total. The zero-order chi connectivity index (χ0) is 14.3. The summed E-state index contributed by atoms with van der Waals surface area (Å²) >= 11 is 1.62. The highest BCUT2D eigenvalue weighted by molar-refractivity contribution is 7.12. The van der Waals surface area contributed by atoms with Gasteiger partial charge in [0.2, 0.25) is 5.91 Å². The maximum absolute atomic E-state index is 11.5. The molecule has 0 bridgehead atoms. The summed E-state index contributed by atoms with van der Waals surface area (Å²) in [7, 11) is 0. The number of hydrogen-bond donors (Lipinski definition) is 1. The van der Waals surface area contributed by atoms with Gasteiger partial charge in [0.15, 0.2) is 0 Å². The van der Waals surface area contributed by atoms with Gasteiger partial charge in [-0.15, -0.1) is 11.3 Å². The quantitative estimate of drug-likeness (QED) is 0.644. The fraction of sp³-hybridized carbons (Fsp3) is 0.429. The summed E-state index contributed by atoms with van der Waals surface area (Å²) in [5, 5.41) is 2.64. The van der Waals surface area contributed by atoms with Crippen molar-refractivity contribution in [1.29, 1.82) is 0 Å². The second kappa shape index (κ2) is 7.74. The monoisotopic (exact) mass is 281 g/mol. The molecule has 0 atom stereocenters. The van der Waals surface area contributed by atoms with Crippen molar-refractivity contribution >= 4 is 29.3 Å². The van der Waals surface area contributed by atoms with E-state index in [2.05, 4.69) is 5.32 Å². The predicted octanol–water partition coefficient (Wildman–Crippen LogP) is 2.53. The number of esters is 1. The Hall–Kier alpha value is -1.62. The molecule has 0 spiro atoms. The van der Waals surface area contributed by atoms with E-state index in [-0.39, 0.29) is 30.9 Å². The first-order chi connectivity index (χ1) is 8.97. The van der Waals surface area contributed by atoms with Crippen molar-refractivity contribution in [3.8, 4) is 0 Å². The molecule has 0 aliphatic heterocycles. The summed E-state index contributed by atoms with van der Waals surface area (Å²) in [6, 6.07) is 3.97. The van der Waals surface area contributed by atoms with E-state index >= 15 is 0 Å². The van der Waals surface area contributed by atoms with Crippen LogP contribution in [0.1, 0.15) is 30.0 Å². The lowest BCUT2D eigenvalue weighted by Gasteiger charge is -2.07. The molecule has 0 unspecified atom stereocenters. The second-order valence-corrected chi connectivity index (χ2v) is 5.68. The van der Waals surface area contributed by atoms with Crippen molar-refractivity contribution < 1.29 is 14.3 Å². The van der Waals surface area contributed by atoms with Crippen molar-refractivity contribution in [1.82, 2.24) is 5.32 Å². The van der Waals surface area contributed by atoms with E-state index in [1.54, 1.807) is 31.3 Å². The average Bonchev–Trinajstić information content (AvgIpc) is 2.71. The third kappa shape index (κ3) is 6.76. The molecule has 5 heteroatoms. The van der Waals surface area contributed by atoms with Crippen LogP contribution in [0.15, 0.2) is 18.2 Å². The zero-order valence-corrected chi connectivity index (χ0v) is 12.3. The summed E-state index contributed by atoms with van der Waals surface area (Å²) in [6.07, 6.45) is 3.30. The summed E-state index contributed by atoms with van der Waals surface area (Å²) in [6.45, 7) is 5.89. The maximum atomic E-state index is 11.5. The first-order valence-electron chi connectivity index (χ1n) is 6.19. The molecule has 0 fully saturated rings. The number of carbonyl (C=O) groups is 2. The van der Waals surface area contributed by atoms with Crippen LogP contribution in [0.2, 0.25) is 0 Å². The number of nitrogens with one attached hydrogen (secondary N) is 1. The fourth-order valence-electron chi connectivity index (χ4n) is 1.37. The summed E-state index contributed by atoms with van der Waals surface area (Å²) in [4.78, 5) is 24.9. The lowest BCUT2D eigenvalue weighted by molar-refractivity contribution is -0.147. The molecule has 0 saturated carbocycles. The molecule has 1 aromatic heterocycles. The number of ether oxygens (including phenoxy) is 1. The van der Waals surface area contributed by atoms with Crippen molar-refractivity contribution in [3.05, 3.63) is 28.0 Å². The Morgan fingerprint density at radius 3 is 2.74 bits per heavy atom. The topological polar surface area (TPSA) is 55.4 Å². The van der Waals surface area contributed by atoms with Crippen LogP contribution in [-0.2, 0) is 14.3 Å². The van der Waals surface area contributed by atoms with E-state index in [1.165, 1.54) is 11.0 Å². The predicted molar refractivity (Wildman–Crippen MR) is 76.9 cm³/mol. The largest absolute Gasteiger partial charge is 0.463 e. The van der Waals surface area contributed by atoms with Gasteiger partial charge in [0.1, 0.15) is 0 Å². The Balaban J connectivity index is 2.25. The Morgan fingerprint density at radius 1 is 1.42 bits per heavy atom. The van der Waals surface area contributed by atoms with Crippen LogP contribution < -0.4 is 5.32 Å². The number of hydrogen-bond acceptors (Lipinski definition) is 4. The minimum absolute atomic E-state index is 0.120. The number of thiophene rings is 1. The van der Waals surface area contributed by atoms with Gasteiger partial charge in [-0.05, 0) is 39.0 Å². The maximum Gasteiger partial charge on any atom is 0.307 e. The smallest absolute Gasteiger partial charge is 0.307 e. The second-order valence-electron chi connectivity index (χ2n) is 4.36. The molecule has 0 aliphatic carbocycles. The van der Waals surface area contributed by atoms with Crippen LogP contribution in [-0.4, -0.2) is 24.5 Å². The number of rotatable bonds is 6. The van der Waals surface area contributed by atoms with E-state index in [4.69, 9.17) is 4.74 Å². The van der Waals surface area contributed by atoms with Crippen molar-refractivity contribution in [2.24, 2.45) is 0 Å². The van der Waals surface area contributed by atoms with Crippen molar-refractivity contribution in [2.45, 2.75) is 33.3 Å². The first kappa shape index (κ1) is 15.4.